The molecule has 0 spiro atoms. The van der Waals surface area contributed by atoms with Crippen LogP contribution in [-0.4, -0.2) is 4.98 Å². The number of hydrogen-bond donors (Lipinski definition) is 0. The van der Waals surface area contributed by atoms with Gasteiger partial charge in [0.1, 0.15) is 18.1 Å². The van der Waals surface area contributed by atoms with Gasteiger partial charge in [0.2, 0.25) is 5.69 Å². The van der Waals surface area contributed by atoms with Gasteiger partial charge in [-0.2, -0.15) is 0 Å². The molecule has 3 nitrogen and oxygen atoms in total. The van der Waals surface area contributed by atoms with Crippen LogP contribution in [0.4, 0.5) is 0 Å². The molecule has 0 saturated heterocycles. The van der Waals surface area contributed by atoms with Crippen LogP contribution in [0.5, 0.6) is 0 Å². The van der Waals surface area contributed by atoms with Crippen molar-refractivity contribution in [1.82, 2.24) is 4.98 Å². The fourth-order valence-corrected chi connectivity index (χ4v) is 4.55. The molecule has 32 heavy (non-hydrogen) atoms. The molecule has 3 aromatic carbocycles. The standard InChI is InChI=1S/C29H23N2O/c1-18-13-25-27(32-29-22-12-8-7-11-21(22)16-30-28(25)29)15-24(18)26-14-23(19(2)17-31(26)3)20-9-5-4-6-10-20/h4-17H,1-3H3/q+1/i2D3. The summed E-state index contributed by atoms with van der Waals surface area (Å²) in [4.78, 5) is 4.69. The molecule has 0 aliphatic rings. The second kappa shape index (κ2) is 7.03. The van der Waals surface area contributed by atoms with Crippen molar-refractivity contribution in [3.63, 3.8) is 0 Å². The lowest BCUT2D eigenvalue weighted by Gasteiger charge is -2.10. The largest absolute Gasteiger partial charge is 0.454 e. The van der Waals surface area contributed by atoms with Crippen molar-refractivity contribution in [2.45, 2.75) is 13.8 Å². The highest BCUT2D eigenvalue weighted by Gasteiger charge is 2.20. The van der Waals surface area contributed by atoms with Crippen LogP contribution in [0.15, 0.2) is 89.6 Å². The molecule has 6 rings (SSSR count). The van der Waals surface area contributed by atoms with E-state index in [1.807, 2.05) is 78.5 Å². The Hall–Kier alpha value is -3.98. The summed E-state index contributed by atoms with van der Waals surface area (Å²) in [5.41, 5.74) is 7.24. The van der Waals surface area contributed by atoms with Gasteiger partial charge in [-0.05, 0) is 42.6 Å². The normalized spacial score (nSPS) is 13.4. The molecule has 3 aromatic heterocycles. The number of benzene rings is 3. The lowest BCUT2D eigenvalue weighted by Crippen LogP contribution is -2.31. The SMILES string of the molecule is [2H]C([2H])([2H])c1c[n+](C)c(-c2cc3oc4c5ccccc5cnc4c3cc2C)cc1-c1ccccc1. The second-order valence-corrected chi connectivity index (χ2v) is 8.25. The Kier molecular flexibility index (Phi) is 3.46. The first-order valence-corrected chi connectivity index (χ1v) is 10.6. The summed E-state index contributed by atoms with van der Waals surface area (Å²) in [6.07, 6.45) is 3.61. The molecule has 154 valence electrons. The predicted molar refractivity (Wildman–Crippen MR) is 131 cm³/mol. The third-order valence-electron chi connectivity index (χ3n) is 6.18. The van der Waals surface area contributed by atoms with Crippen LogP contribution in [0.2, 0.25) is 0 Å². The van der Waals surface area contributed by atoms with Gasteiger partial charge in [-0.3, -0.25) is 4.98 Å². The molecule has 0 atom stereocenters. The molecule has 0 aliphatic carbocycles. The van der Waals surface area contributed by atoms with Gasteiger partial charge in [0.05, 0.1) is 5.56 Å². The van der Waals surface area contributed by atoms with Gasteiger partial charge in [-0.15, -0.1) is 0 Å². The zero-order valence-electron chi connectivity index (χ0n) is 20.9. The topological polar surface area (TPSA) is 29.9 Å². The van der Waals surface area contributed by atoms with Gasteiger partial charge >= 0.3 is 0 Å². The summed E-state index contributed by atoms with van der Waals surface area (Å²) in [5, 5.41) is 3.04. The van der Waals surface area contributed by atoms with Gasteiger partial charge in [-0.1, -0.05) is 54.6 Å². The van der Waals surface area contributed by atoms with E-state index >= 15 is 0 Å². The number of furan rings is 1. The molecule has 0 saturated carbocycles. The number of rotatable bonds is 2. The van der Waals surface area contributed by atoms with Gasteiger partial charge in [0.25, 0.3) is 0 Å². The highest BCUT2D eigenvalue weighted by Crippen LogP contribution is 2.36. The summed E-state index contributed by atoms with van der Waals surface area (Å²) < 4.78 is 32.6. The molecule has 3 heterocycles. The summed E-state index contributed by atoms with van der Waals surface area (Å²) in [6.45, 7) is -0.166. The zero-order valence-corrected chi connectivity index (χ0v) is 17.9. The van der Waals surface area contributed by atoms with Gasteiger partial charge in [0.15, 0.2) is 11.8 Å². The quantitative estimate of drug-likeness (QED) is 0.286. The van der Waals surface area contributed by atoms with Crippen LogP contribution in [0.1, 0.15) is 15.2 Å². The maximum absolute atomic E-state index is 8.11. The van der Waals surface area contributed by atoms with Crippen molar-refractivity contribution in [3.8, 4) is 22.4 Å². The highest BCUT2D eigenvalue weighted by molar-refractivity contribution is 6.13. The van der Waals surface area contributed by atoms with Gasteiger partial charge in [-0.25, -0.2) is 4.57 Å². The molecule has 3 heteroatoms. The Balaban J connectivity index is 1.61. The average molecular weight is 419 g/mol. The van der Waals surface area contributed by atoms with Crippen LogP contribution in [0.3, 0.4) is 0 Å². The summed E-state index contributed by atoms with van der Waals surface area (Å²) >= 11 is 0. The lowest BCUT2D eigenvalue weighted by atomic mass is 9.96. The van der Waals surface area contributed by atoms with E-state index < -0.39 is 6.85 Å². The third-order valence-corrected chi connectivity index (χ3v) is 6.18. The molecular formula is C29H23N2O+. The minimum Gasteiger partial charge on any atom is -0.454 e. The molecule has 6 aromatic rings. The molecule has 0 unspecified atom stereocenters. The molecule has 0 radical (unpaired) electrons. The Labute approximate surface area is 190 Å². The molecule has 0 bridgehead atoms. The van der Waals surface area contributed by atoms with Crippen molar-refractivity contribution in [2.75, 3.05) is 0 Å². The van der Waals surface area contributed by atoms with Crippen LogP contribution in [-0.2, 0) is 7.05 Å². The number of hydrogen-bond acceptors (Lipinski definition) is 2. The van der Waals surface area contributed by atoms with Crippen LogP contribution in [0.25, 0.3) is 55.2 Å². The van der Waals surface area contributed by atoms with E-state index in [4.69, 9.17) is 8.53 Å². The minimum absolute atomic E-state index is 0.327. The lowest BCUT2D eigenvalue weighted by molar-refractivity contribution is -0.660. The zero-order chi connectivity index (χ0) is 24.3. The van der Waals surface area contributed by atoms with Crippen molar-refractivity contribution >= 4 is 32.8 Å². The van der Waals surface area contributed by atoms with Crippen LogP contribution < -0.4 is 4.57 Å². The van der Waals surface area contributed by atoms with Gasteiger partial charge < -0.3 is 4.42 Å². The van der Waals surface area contributed by atoms with Crippen LogP contribution >= 0.6 is 0 Å². The Bertz CT molecular complexity index is 1750. The first kappa shape index (κ1) is 15.8. The number of aryl methyl sites for hydroxylation is 3. The maximum atomic E-state index is 8.11. The number of pyridine rings is 2. The smallest absolute Gasteiger partial charge is 0.213 e. The van der Waals surface area contributed by atoms with E-state index in [1.165, 1.54) is 0 Å². The summed E-state index contributed by atoms with van der Waals surface area (Å²) in [7, 11) is 1.89. The fraction of sp³-hybridized carbons (Fsp3) is 0.103. The number of nitrogens with zero attached hydrogens (tertiary/aromatic N) is 2. The fourth-order valence-electron chi connectivity index (χ4n) is 4.55. The number of aromatic nitrogens is 2. The summed E-state index contributed by atoms with van der Waals surface area (Å²) in [5.74, 6) is 0. The Morgan fingerprint density at radius 2 is 1.69 bits per heavy atom. The molecule has 0 N–H and O–H groups in total. The second-order valence-electron chi connectivity index (χ2n) is 8.25. The van der Waals surface area contributed by atoms with Crippen molar-refractivity contribution in [1.29, 1.82) is 0 Å². The Morgan fingerprint density at radius 1 is 0.875 bits per heavy atom. The maximum Gasteiger partial charge on any atom is 0.213 e. The van der Waals surface area contributed by atoms with Crippen molar-refractivity contribution in [2.24, 2.45) is 7.05 Å². The molecule has 0 amide bonds. The van der Waals surface area contributed by atoms with E-state index in [0.717, 1.165) is 55.2 Å². The first-order valence-electron chi connectivity index (χ1n) is 12.1. The van der Waals surface area contributed by atoms with E-state index in [9.17, 15) is 0 Å². The average Bonchev–Trinajstić information content (AvgIpc) is 3.21. The third kappa shape index (κ3) is 2.82. The molecule has 0 fully saturated rings. The van der Waals surface area contributed by atoms with E-state index in [0.29, 0.717) is 11.1 Å². The van der Waals surface area contributed by atoms with Crippen molar-refractivity contribution in [3.05, 3.63) is 96.3 Å². The monoisotopic (exact) mass is 418 g/mol. The van der Waals surface area contributed by atoms with Crippen LogP contribution in [0, 0.1) is 13.8 Å². The highest BCUT2D eigenvalue weighted by atomic mass is 16.3. The van der Waals surface area contributed by atoms with E-state index in [-0.39, 0.29) is 0 Å². The van der Waals surface area contributed by atoms with E-state index in [2.05, 4.69) is 24.0 Å². The van der Waals surface area contributed by atoms with Crippen molar-refractivity contribution < 1.29 is 13.1 Å². The minimum atomic E-state index is -2.23. The first-order chi connectivity index (χ1) is 16.8. The van der Waals surface area contributed by atoms with Gasteiger partial charge in [0, 0.05) is 38.1 Å². The molecule has 0 aliphatic heterocycles. The van der Waals surface area contributed by atoms with E-state index in [1.54, 1.807) is 6.20 Å². The predicted octanol–water partition coefficient (Wildman–Crippen LogP) is 6.91. The Morgan fingerprint density at radius 3 is 2.53 bits per heavy atom. The number of fused-ring (bicyclic) bond motifs is 5. The summed E-state index contributed by atoms with van der Waals surface area (Å²) in [6, 6.07) is 23.9. The molecular weight excluding hydrogens is 392 g/mol.